The van der Waals surface area contributed by atoms with Gasteiger partial charge in [0.05, 0.1) is 11.5 Å². The zero-order valence-electron chi connectivity index (χ0n) is 10.3. The molecule has 2 rings (SSSR count). The molecule has 0 spiro atoms. The van der Waals surface area contributed by atoms with Crippen LogP contribution in [0.2, 0.25) is 0 Å². The molecule has 18 heavy (non-hydrogen) atoms. The van der Waals surface area contributed by atoms with E-state index in [0.717, 1.165) is 25.1 Å². The van der Waals surface area contributed by atoms with E-state index in [0.29, 0.717) is 18.3 Å². The molecule has 0 radical (unpaired) electrons. The molecule has 0 bridgehead atoms. The van der Waals surface area contributed by atoms with Crippen LogP contribution in [-0.2, 0) is 4.74 Å². The number of nitrogens with zero attached hydrogens (tertiary/aromatic N) is 2. The number of nitro benzene ring substituents is 1. The molecule has 0 unspecified atom stereocenters. The van der Waals surface area contributed by atoms with Crippen molar-refractivity contribution in [3.05, 3.63) is 28.3 Å². The summed E-state index contributed by atoms with van der Waals surface area (Å²) in [4.78, 5) is 12.6. The lowest BCUT2D eigenvalue weighted by Gasteiger charge is -2.24. The first-order chi connectivity index (χ1) is 8.61. The van der Waals surface area contributed by atoms with Crippen LogP contribution in [0.5, 0.6) is 0 Å². The number of rotatable bonds is 6. The molecule has 2 N–H and O–H groups in total. The van der Waals surface area contributed by atoms with Gasteiger partial charge in [0.1, 0.15) is 0 Å². The highest BCUT2D eigenvalue weighted by molar-refractivity contribution is 5.63. The van der Waals surface area contributed by atoms with E-state index in [9.17, 15) is 10.1 Å². The molecule has 98 valence electrons. The van der Waals surface area contributed by atoms with Gasteiger partial charge < -0.3 is 15.4 Å². The fraction of sp³-hybridized carbons (Fsp3) is 0.500. The van der Waals surface area contributed by atoms with Crippen LogP contribution < -0.4 is 10.6 Å². The molecule has 0 aliphatic heterocycles. The number of hydrogen-bond donors (Lipinski definition) is 1. The van der Waals surface area contributed by atoms with E-state index >= 15 is 0 Å². The molecule has 0 aromatic heterocycles. The Kier molecular flexibility index (Phi) is 3.66. The van der Waals surface area contributed by atoms with Crippen molar-refractivity contribution < 1.29 is 9.66 Å². The van der Waals surface area contributed by atoms with E-state index in [-0.39, 0.29) is 5.69 Å². The van der Waals surface area contributed by atoms with Gasteiger partial charge in [-0.3, -0.25) is 10.1 Å². The third-order valence-corrected chi connectivity index (χ3v) is 2.99. The Morgan fingerprint density at radius 2 is 2.22 bits per heavy atom. The maximum absolute atomic E-state index is 10.8. The molecule has 0 atom stereocenters. The number of benzene rings is 1. The molecule has 0 amide bonds. The standard InChI is InChI=1S/C12H17N3O3/c1-18-5-4-14(10-2-3-10)11-6-9(13)7-12(8-11)15(16)17/h6-8,10H,2-5,13H2,1H3. The minimum absolute atomic E-state index is 0.0352. The van der Waals surface area contributed by atoms with Crippen LogP contribution in [0, 0.1) is 10.1 Å². The largest absolute Gasteiger partial charge is 0.398 e. The minimum Gasteiger partial charge on any atom is -0.398 e. The summed E-state index contributed by atoms with van der Waals surface area (Å²) in [6.07, 6.45) is 2.23. The Bertz CT molecular complexity index is 446. The monoisotopic (exact) mass is 251 g/mol. The first kappa shape index (κ1) is 12.6. The van der Waals surface area contributed by atoms with Crippen molar-refractivity contribution in [2.75, 3.05) is 30.9 Å². The normalized spacial score (nSPS) is 14.5. The third kappa shape index (κ3) is 2.89. The summed E-state index contributed by atoms with van der Waals surface area (Å²) in [6, 6.07) is 5.19. The fourth-order valence-corrected chi connectivity index (χ4v) is 1.99. The Morgan fingerprint density at radius 1 is 1.50 bits per heavy atom. The number of anilines is 2. The molecule has 1 aromatic rings. The number of hydrogen-bond acceptors (Lipinski definition) is 5. The average molecular weight is 251 g/mol. The number of nitro groups is 1. The summed E-state index contributed by atoms with van der Waals surface area (Å²) in [5.74, 6) is 0. The second-order valence-corrected chi connectivity index (χ2v) is 4.46. The highest BCUT2D eigenvalue weighted by atomic mass is 16.6. The van der Waals surface area contributed by atoms with Crippen LogP contribution >= 0.6 is 0 Å². The average Bonchev–Trinajstić information content (AvgIpc) is 3.13. The summed E-state index contributed by atoms with van der Waals surface area (Å²) in [7, 11) is 1.65. The molecular weight excluding hydrogens is 234 g/mol. The van der Waals surface area contributed by atoms with Gasteiger partial charge in [0.25, 0.3) is 5.69 Å². The predicted molar refractivity (Wildman–Crippen MR) is 69.8 cm³/mol. The SMILES string of the molecule is COCCN(c1cc(N)cc([N+](=O)[O-])c1)C1CC1. The van der Waals surface area contributed by atoms with Gasteiger partial charge >= 0.3 is 0 Å². The first-order valence-electron chi connectivity index (χ1n) is 5.92. The van der Waals surface area contributed by atoms with Gasteiger partial charge in [0.15, 0.2) is 0 Å². The topological polar surface area (TPSA) is 81.6 Å². The van der Waals surface area contributed by atoms with Crippen molar-refractivity contribution in [3.8, 4) is 0 Å². The summed E-state index contributed by atoms with van der Waals surface area (Å²) in [5.41, 5.74) is 6.98. The van der Waals surface area contributed by atoms with E-state index in [1.54, 1.807) is 19.2 Å². The van der Waals surface area contributed by atoms with Gasteiger partial charge in [0, 0.05) is 43.2 Å². The molecule has 1 saturated carbocycles. The van der Waals surface area contributed by atoms with Crippen molar-refractivity contribution in [1.82, 2.24) is 0 Å². The van der Waals surface area contributed by atoms with Gasteiger partial charge in [-0.1, -0.05) is 0 Å². The van der Waals surface area contributed by atoms with Crippen molar-refractivity contribution >= 4 is 17.1 Å². The molecule has 6 heteroatoms. The first-order valence-corrected chi connectivity index (χ1v) is 5.92. The lowest BCUT2D eigenvalue weighted by atomic mass is 10.2. The van der Waals surface area contributed by atoms with Crippen LogP contribution in [0.4, 0.5) is 17.1 Å². The van der Waals surface area contributed by atoms with E-state index in [4.69, 9.17) is 10.5 Å². The van der Waals surface area contributed by atoms with Gasteiger partial charge in [-0.2, -0.15) is 0 Å². The molecule has 1 aromatic carbocycles. The third-order valence-electron chi connectivity index (χ3n) is 2.99. The van der Waals surface area contributed by atoms with Crippen LogP contribution in [-0.4, -0.2) is 31.2 Å². The Hall–Kier alpha value is -1.82. The van der Waals surface area contributed by atoms with Gasteiger partial charge in [-0.25, -0.2) is 0 Å². The Morgan fingerprint density at radius 3 is 2.78 bits per heavy atom. The van der Waals surface area contributed by atoms with E-state index in [1.165, 1.54) is 6.07 Å². The number of methoxy groups -OCH3 is 1. The number of nitrogen functional groups attached to an aromatic ring is 1. The minimum atomic E-state index is -0.415. The number of nitrogens with two attached hydrogens (primary N) is 1. The Balaban J connectivity index is 2.25. The highest BCUT2D eigenvalue weighted by Gasteiger charge is 2.29. The van der Waals surface area contributed by atoms with E-state index in [1.807, 2.05) is 0 Å². The molecular formula is C12H17N3O3. The predicted octanol–water partition coefficient (Wildman–Crippen LogP) is 1.79. The van der Waals surface area contributed by atoms with Crippen LogP contribution in [0.15, 0.2) is 18.2 Å². The van der Waals surface area contributed by atoms with E-state index in [2.05, 4.69) is 4.90 Å². The van der Waals surface area contributed by atoms with Gasteiger partial charge in [-0.15, -0.1) is 0 Å². The van der Waals surface area contributed by atoms with Crippen LogP contribution in [0.1, 0.15) is 12.8 Å². The maximum Gasteiger partial charge on any atom is 0.273 e. The summed E-state index contributed by atoms with van der Waals surface area (Å²) >= 11 is 0. The zero-order chi connectivity index (χ0) is 13.1. The molecule has 0 heterocycles. The highest BCUT2D eigenvalue weighted by Crippen LogP contribution is 2.34. The fourth-order valence-electron chi connectivity index (χ4n) is 1.99. The molecule has 6 nitrogen and oxygen atoms in total. The molecule has 1 aliphatic rings. The van der Waals surface area contributed by atoms with Crippen molar-refractivity contribution in [2.24, 2.45) is 0 Å². The Labute approximate surface area is 105 Å². The maximum atomic E-state index is 10.8. The van der Waals surface area contributed by atoms with Gasteiger partial charge in [0.2, 0.25) is 0 Å². The second-order valence-electron chi connectivity index (χ2n) is 4.46. The smallest absolute Gasteiger partial charge is 0.273 e. The van der Waals surface area contributed by atoms with Crippen molar-refractivity contribution in [2.45, 2.75) is 18.9 Å². The molecule has 0 saturated heterocycles. The van der Waals surface area contributed by atoms with E-state index < -0.39 is 4.92 Å². The van der Waals surface area contributed by atoms with Gasteiger partial charge in [-0.05, 0) is 18.9 Å². The summed E-state index contributed by atoms with van der Waals surface area (Å²) in [6.45, 7) is 1.32. The van der Waals surface area contributed by atoms with Crippen molar-refractivity contribution in [1.29, 1.82) is 0 Å². The summed E-state index contributed by atoms with van der Waals surface area (Å²) in [5, 5.41) is 10.8. The second kappa shape index (κ2) is 5.22. The van der Waals surface area contributed by atoms with Crippen LogP contribution in [0.3, 0.4) is 0 Å². The summed E-state index contributed by atoms with van der Waals surface area (Å²) < 4.78 is 5.07. The van der Waals surface area contributed by atoms with Crippen molar-refractivity contribution in [3.63, 3.8) is 0 Å². The molecule has 1 aliphatic carbocycles. The zero-order valence-corrected chi connectivity index (χ0v) is 10.3. The van der Waals surface area contributed by atoms with Crippen LogP contribution in [0.25, 0.3) is 0 Å². The number of non-ortho nitro benzene ring substituents is 1. The molecule has 1 fully saturated rings. The number of ether oxygens (including phenoxy) is 1. The quantitative estimate of drug-likeness (QED) is 0.473. The lowest BCUT2D eigenvalue weighted by Crippen LogP contribution is -2.29. The lowest BCUT2D eigenvalue weighted by molar-refractivity contribution is -0.384.